The van der Waals surface area contributed by atoms with Crippen molar-refractivity contribution in [3.63, 3.8) is 0 Å². The van der Waals surface area contributed by atoms with Crippen molar-refractivity contribution in [3.8, 4) is 0 Å². The highest BCUT2D eigenvalue weighted by Gasteiger charge is 2.13. The highest BCUT2D eigenvalue weighted by atomic mass is 16.6. The van der Waals surface area contributed by atoms with Crippen LogP contribution in [0.4, 0.5) is 5.69 Å². The van der Waals surface area contributed by atoms with Gasteiger partial charge in [-0.3, -0.25) is 14.9 Å². The summed E-state index contributed by atoms with van der Waals surface area (Å²) in [7, 11) is 0. The summed E-state index contributed by atoms with van der Waals surface area (Å²) in [6.45, 7) is 1.75. The molecule has 0 radical (unpaired) electrons. The molecule has 0 fully saturated rings. The van der Waals surface area contributed by atoms with Crippen molar-refractivity contribution in [2.75, 3.05) is 0 Å². The van der Waals surface area contributed by atoms with Gasteiger partial charge in [0.25, 0.3) is 11.2 Å². The zero-order chi connectivity index (χ0) is 14.7. The molecule has 20 heavy (non-hydrogen) atoms. The maximum Gasteiger partial charge on any atom is 0.288 e. The van der Waals surface area contributed by atoms with E-state index in [1.54, 1.807) is 31.2 Å². The van der Waals surface area contributed by atoms with Crippen molar-refractivity contribution in [3.05, 3.63) is 73.7 Å². The van der Waals surface area contributed by atoms with Crippen molar-refractivity contribution in [2.45, 2.75) is 20.1 Å². The van der Waals surface area contributed by atoms with Gasteiger partial charge < -0.3 is 9.67 Å². The number of nitrogens with zero attached hydrogens (tertiary/aromatic N) is 2. The highest BCUT2D eigenvalue weighted by Crippen LogP contribution is 2.15. The average Bonchev–Trinajstić information content (AvgIpc) is 2.42. The van der Waals surface area contributed by atoms with Crippen molar-refractivity contribution in [2.24, 2.45) is 0 Å². The van der Waals surface area contributed by atoms with Gasteiger partial charge in [0.1, 0.15) is 0 Å². The van der Waals surface area contributed by atoms with E-state index in [0.29, 0.717) is 5.56 Å². The average molecular weight is 274 g/mol. The standard InChI is InChI=1S/C14H14N2O4/c1-10-6-14(18)15(8-13(10)16(19)20)7-11-2-4-12(9-17)5-3-11/h2-6,8,17H,7,9H2,1H3. The predicted octanol–water partition coefficient (Wildman–Crippen LogP) is 1.61. The van der Waals surface area contributed by atoms with Crippen LogP contribution in [0.25, 0.3) is 0 Å². The van der Waals surface area contributed by atoms with E-state index in [-0.39, 0.29) is 24.4 Å². The summed E-state index contributed by atoms with van der Waals surface area (Å²) in [5, 5.41) is 19.8. The largest absolute Gasteiger partial charge is 0.392 e. The van der Waals surface area contributed by atoms with Gasteiger partial charge in [0.15, 0.2) is 0 Å². The number of aliphatic hydroxyl groups is 1. The van der Waals surface area contributed by atoms with Crippen molar-refractivity contribution < 1.29 is 10.0 Å². The molecule has 2 aromatic rings. The predicted molar refractivity (Wildman–Crippen MR) is 73.6 cm³/mol. The summed E-state index contributed by atoms with van der Waals surface area (Å²) in [6.07, 6.45) is 1.26. The van der Waals surface area contributed by atoms with E-state index < -0.39 is 4.92 Å². The molecular weight excluding hydrogens is 260 g/mol. The van der Waals surface area contributed by atoms with Crippen molar-refractivity contribution in [1.82, 2.24) is 4.57 Å². The SMILES string of the molecule is Cc1cc(=O)n(Cc2ccc(CO)cc2)cc1[N+](=O)[O-]. The Labute approximate surface area is 115 Å². The van der Waals surface area contributed by atoms with Gasteiger partial charge in [-0.15, -0.1) is 0 Å². The lowest BCUT2D eigenvalue weighted by molar-refractivity contribution is -0.385. The third-order valence-electron chi connectivity index (χ3n) is 3.06. The van der Waals surface area contributed by atoms with Crippen molar-refractivity contribution >= 4 is 5.69 Å². The van der Waals surface area contributed by atoms with Crippen LogP contribution >= 0.6 is 0 Å². The Bertz CT molecular complexity index is 689. The fourth-order valence-electron chi connectivity index (χ4n) is 1.92. The van der Waals surface area contributed by atoms with Crippen LogP contribution in [0.3, 0.4) is 0 Å². The molecule has 0 aliphatic rings. The van der Waals surface area contributed by atoms with Crippen LogP contribution in [0, 0.1) is 17.0 Å². The molecule has 2 rings (SSSR count). The fraction of sp³-hybridized carbons (Fsp3) is 0.214. The summed E-state index contributed by atoms with van der Waals surface area (Å²) < 4.78 is 1.30. The van der Waals surface area contributed by atoms with Gasteiger partial charge in [0.05, 0.1) is 24.3 Å². The van der Waals surface area contributed by atoms with Gasteiger partial charge in [-0.05, 0) is 18.1 Å². The number of aromatic nitrogens is 1. The lowest BCUT2D eigenvalue weighted by atomic mass is 10.1. The topological polar surface area (TPSA) is 85.4 Å². The van der Waals surface area contributed by atoms with Crippen LogP contribution in [0.2, 0.25) is 0 Å². The number of aryl methyl sites for hydroxylation is 1. The highest BCUT2D eigenvalue weighted by molar-refractivity contribution is 5.36. The molecule has 0 amide bonds. The van der Waals surface area contributed by atoms with Crippen LogP contribution in [-0.2, 0) is 13.2 Å². The molecule has 1 N–H and O–H groups in total. The lowest BCUT2D eigenvalue weighted by Crippen LogP contribution is -2.20. The third-order valence-corrected chi connectivity index (χ3v) is 3.06. The van der Waals surface area contributed by atoms with Gasteiger partial charge in [-0.2, -0.15) is 0 Å². The monoisotopic (exact) mass is 274 g/mol. The van der Waals surface area contributed by atoms with Gasteiger partial charge >= 0.3 is 0 Å². The smallest absolute Gasteiger partial charge is 0.288 e. The molecule has 1 heterocycles. The minimum Gasteiger partial charge on any atom is -0.392 e. The number of hydrogen-bond acceptors (Lipinski definition) is 4. The van der Waals surface area contributed by atoms with E-state index in [9.17, 15) is 14.9 Å². The number of benzene rings is 1. The normalized spacial score (nSPS) is 10.5. The van der Waals surface area contributed by atoms with Crippen LogP contribution in [-0.4, -0.2) is 14.6 Å². The maximum absolute atomic E-state index is 11.8. The van der Waals surface area contributed by atoms with Crippen LogP contribution in [0.1, 0.15) is 16.7 Å². The zero-order valence-corrected chi connectivity index (χ0v) is 10.9. The number of nitro groups is 1. The molecule has 0 aliphatic heterocycles. The zero-order valence-electron chi connectivity index (χ0n) is 10.9. The second-order valence-electron chi connectivity index (χ2n) is 4.54. The minimum atomic E-state index is -0.500. The molecule has 1 aromatic carbocycles. The molecule has 6 nitrogen and oxygen atoms in total. The van der Waals surface area contributed by atoms with Crippen molar-refractivity contribution in [1.29, 1.82) is 0 Å². The first-order valence-electron chi connectivity index (χ1n) is 6.05. The molecule has 0 aliphatic carbocycles. The van der Waals surface area contributed by atoms with E-state index in [0.717, 1.165) is 11.1 Å². The Balaban J connectivity index is 2.35. The quantitative estimate of drug-likeness (QED) is 0.678. The summed E-state index contributed by atoms with van der Waals surface area (Å²) >= 11 is 0. The van der Waals surface area contributed by atoms with Gasteiger partial charge in [-0.25, -0.2) is 0 Å². The summed E-state index contributed by atoms with van der Waals surface area (Å²) in [5.74, 6) is 0. The summed E-state index contributed by atoms with van der Waals surface area (Å²) in [4.78, 5) is 22.2. The molecule has 0 bridgehead atoms. The molecule has 0 spiro atoms. The molecular formula is C14H14N2O4. The number of hydrogen-bond donors (Lipinski definition) is 1. The number of pyridine rings is 1. The Morgan fingerprint density at radius 2 is 1.85 bits per heavy atom. The third kappa shape index (κ3) is 2.92. The fourth-order valence-corrected chi connectivity index (χ4v) is 1.92. The molecule has 1 aromatic heterocycles. The number of aliphatic hydroxyl groups excluding tert-OH is 1. The minimum absolute atomic E-state index is 0.0454. The Hall–Kier alpha value is -2.47. The molecule has 6 heteroatoms. The molecule has 0 atom stereocenters. The van der Waals surface area contributed by atoms with Gasteiger partial charge in [0.2, 0.25) is 0 Å². The first kappa shape index (κ1) is 14.0. The van der Waals surface area contributed by atoms with Crippen LogP contribution in [0.15, 0.2) is 41.3 Å². The van der Waals surface area contributed by atoms with Gasteiger partial charge in [-0.1, -0.05) is 24.3 Å². The van der Waals surface area contributed by atoms with E-state index in [2.05, 4.69) is 0 Å². The maximum atomic E-state index is 11.8. The Morgan fingerprint density at radius 1 is 1.25 bits per heavy atom. The molecule has 0 saturated carbocycles. The molecule has 0 unspecified atom stereocenters. The van der Waals surface area contributed by atoms with E-state index in [4.69, 9.17) is 5.11 Å². The van der Waals surface area contributed by atoms with Crippen LogP contribution < -0.4 is 5.56 Å². The van der Waals surface area contributed by atoms with E-state index in [1.807, 2.05) is 0 Å². The number of rotatable bonds is 4. The first-order chi connectivity index (χ1) is 9.51. The van der Waals surface area contributed by atoms with E-state index in [1.165, 1.54) is 16.8 Å². The first-order valence-corrected chi connectivity index (χ1v) is 6.05. The summed E-state index contributed by atoms with van der Waals surface area (Å²) in [5.41, 5.74) is 1.61. The Kier molecular flexibility index (Phi) is 3.95. The molecule has 0 saturated heterocycles. The second-order valence-corrected chi connectivity index (χ2v) is 4.54. The van der Waals surface area contributed by atoms with E-state index >= 15 is 0 Å². The summed E-state index contributed by atoms with van der Waals surface area (Å²) in [6, 6.07) is 8.33. The van der Waals surface area contributed by atoms with Crippen LogP contribution in [0.5, 0.6) is 0 Å². The molecule has 104 valence electrons. The second kappa shape index (κ2) is 5.66. The Morgan fingerprint density at radius 3 is 2.40 bits per heavy atom. The lowest BCUT2D eigenvalue weighted by Gasteiger charge is -2.07. The van der Waals surface area contributed by atoms with Gasteiger partial charge in [0, 0.05) is 11.6 Å².